The molecule has 1 aromatic rings. The van der Waals surface area contributed by atoms with Crippen LogP contribution >= 0.6 is 0 Å². The van der Waals surface area contributed by atoms with Gasteiger partial charge in [-0.1, -0.05) is 17.3 Å². The molecular weight excluding hydrogens is 409 g/mol. The maximum Gasteiger partial charge on any atom is 0.416 e. The molecule has 0 saturated carbocycles. The van der Waals surface area contributed by atoms with Crippen molar-refractivity contribution < 1.29 is 42.5 Å². The van der Waals surface area contributed by atoms with Gasteiger partial charge < -0.3 is 25.1 Å². The van der Waals surface area contributed by atoms with E-state index in [1.54, 1.807) is 7.11 Å². The average Bonchev–Trinajstić information content (AvgIpc) is 2.67. The van der Waals surface area contributed by atoms with Crippen molar-refractivity contribution in [3.8, 4) is 0 Å². The van der Waals surface area contributed by atoms with Crippen molar-refractivity contribution in [1.29, 1.82) is 0 Å². The number of nitrogens with zero attached hydrogens (tertiary/aromatic N) is 1. The zero-order valence-corrected chi connectivity index (χ0v) is 16.4. The second-order valence-electron chi connectivity index (χ2n) is 6.34. The van der Waals surface area contributed by atoms with Crippen LogP contribution in [0.25, 0.3) is 0 Å². The van der Waals surface area contributed by atoms with E-state index in [2.05, 4.69) is 10.5 Å². The number of rotatable bonds is 14. The van der Waals surface area contributed by atoms with Crippen molar-refractivity contribution in [2.24, 2.45) is 5.16 Å². The number of alkyl halides is 3. The molecular formula is C19H25F3N2O6. The smallest absolute Gasteiger partial charge is 0.416 e. The van der Waals surface area contributed by atoms with Gasteiger partial charge in [0.15, 0.2) is 0 Å². The van der Waals surface area contributed by atoms with Crippen molar-refractivity contribution in [3.05, 3.63) is 35.4 Å². The highest BCUT2D eigenvalue weighted by atomic mass is 19.4. The van der Waals surface area contributed by atoms with Gasteiger partial charge in [-0.15, -0.1) is 0 Å². The number of aliphatic carboxylic acids is 2. The van der Waals surface area contributed by atoms with Crippen molar-refractivity contribution in [1.82, 2.24) is 5.32 Å². The van der Waals surface area contributed by atoms with E-state index in [-0.39, 0.29) is 13.2 Å². The molecule has 1 aromatic carbocycles. The van der Waals surface area contributed by atoms with Crippen molar-refractivity contribution in [3.63, 3.8) is 0 Å². The minimum Gasteiger partial charge on any atom is -0.481 e. The number of carbonyl (C=O) groups is 2. The molecule has 8 nitrogen and oxygen atoms in total. The molecule has 0 aromatic heterocycles. The lowest BCUT2D eigenvalue weighted by Crippen LogP contribution is -2.40. The Balaban J connectivity index is 2.71. The molecule has 0 amide bonds. The highest BCUT2D eigenvalue weighted by molar-refractivity contribution is 6.00. The van der Waals surface area contributed by atoms with Crippen LogP contribution in [0.5, 0.6) is 0 Å². The molecule has 0 heterocycles. The standard InChI is InChI=1S/C19H25F3N2O6/c1-29-10-3-2-4-15(13-5-7-14(8-6-13)19(20,21)22)24-30-11-9-23-16(18(27)28)12-17(25)26/h5-8,16,23H,2-4,9-12H2,1H3,(H,25,26)(H,27,28)/b24-15+/t16-/m0/s1. The van der Waals surface area contributed by atoms with E-state index in [0.717, 1.165) is 18.6 Å². The van der Waals surface area contributed by atoms with Crippen molar-refractivity contribution >= 4 is 17.7 Å². The van der Waals surface area contributed by atoms with Gasteiger partial charge >= 0.3 is 18.1 Å². The Labute approximate surface area is 171 Å². The number of hydrogen-bond acceptors (Lipinski definition) is 6. The summed E-state index contributed by atoms with van der Waals surface area (Å²) in [6.45, 7) is 0.508. The number of unbranched alkanes of at least 4 members (excludes halogenated alkanes) is 1. The van der Waals surface area contributed by atoms with E-state index < -0.39 is 36.1 Å². The van der Waals surface area contributed by atoms with E-state index >= 15 is 0 Å². The molecule has 1 rings (SSSR count). The SMILES string of the molecule is COCCCC/C(=N\OCCN[C@@H](CC(=O)O)C(=O)O)c1ccc(C(F)(F)F)cc1. The fourth-order valence-corrected chi connectivity index (χ4v) is 2.46. The molecule has 0 unspecified atom stereocenters. The summed E-state index contributed by atoms with van der Waals surface area (Å²) in [4.78, 5) is 26.8. The maximum absolute atomic E-state index is 12.7. The van der Waals surface area contributed by atoms with Crippen LogP contribution in [-0.2, 0) is 25.3 Å². The van der Waals surface area contributed by atoms with Crippen LogP contribution in [0.15, 0.2) is 29.4 Å². The molecule has 0 aliphatic rings. The highest BCUT2D eigenvalue weighted by Gasteiger charge is 2.30. The fourth-order valence-electron chi connectivity index (χ4n) is 2.46. The predicted octanol–water partition coefficient (Wildman–Crippen LogP) is 2.76. The van der Waals surface area contributed by atoms with Crippen molar-refractivity contribution in [2.45, 2.75) is 37.9 Å². The Kier molecular flexibility index (Phi) is 10.8. The number of halogens is 3. The van der Waals surface area contributed by atoms with Crippen LogP contribution in [0.2, 0.25) is 0 Å². The average molecular weight is 434 g/mol. The Morgan fingerprint density at radius 1 is 1.13 bits per heavy atom. The summed E-state index contributed by atoms with van der Waals surface area (Å²) in [7, 11) is 1.57. The number of nitrogens with one attached hydrogen (secondary N) is 1. The van der Waals surface area contributed by atoms with Crippen LogP contribution < -0.4 is 5.32 Å². The quantitative estimate of drug-likeness (QED) is 0.234. The largest absolute Gasteiger partial charge is 0.481 e. The first kappa shape index (κ1) is 25.4. The molecule has 0 aliphatic heterocycles. The molecule has 1 atom stereocenters. The number of oxime groups is 1. The molecule has 0 saturated heterocycles. The maximum atomic E-state index is 12.7. The Bertz CT molecular complexity index is 707. The molecule has 0 fully saturated rings. The molecule has 0 aliphatic carbocycles. The second kappa shape index (κ2) is 12.8. The van der Waals surface area contributed by atoms with Gasteiger partial charge in [0.05, 0.1) is 17.7 Å². The number of carboxylic acid groups (broad SMARTS) is 2. The first-order valence-electron chi connectivity index (χ1n) is 9.18. The number of benzene rings is 1. The van der Waals surface area contributed by atoms with Gasteiger partial charge in [0.1, 0.15) is 12.6 Å². The molecule has 0 spiro atoms. The minimum atomic E-state index is -4.44. The fraction of sp³-hybridized carbons (Fsp3) is 0.526. The summed E-state index contributed by atoms with van der Waals surface area (Å²) in [5.74, 6) is -2.56. The van der Waals surface area contributed by atoms with Crippen molar-refractivity contribution in [2.75, 3.05) is 26.9 Å². The van der Waals surface area contributed by atoms with Gasteiger partial charge in [0, 0.05) is 20.3 Å². The summed E-state index contributed by atoms with van der Waals surface area (Å²) in [6.07, 6.45) is -3.18. The molecule has 0 bridgehead atoms. The lowest BCUT2D eigenvalue weighted by atomic mass is 10.0. The van der Waals surface area contributed by atoms with Gasteiger partial charge in [-0.25, -0.2) is 0 Å². The topological polar surface area (TPSA) is 117 Å². The second-order valence-corrected chi connectivity index (χ2v) is 6.34. The van der Waals surface area contributed by atoms with Gasteiger partial charge in [-0.05, 0) is 37.0 Å². The Morgan fingerprint density at radius 2 is 1.80 bits per heavy atom. The van der Waals surface area contributed by atoms with Gasteiger partial charge in [0.25, 0.3) is 0 Å². The summed E-state index contributed by atoms with van der Waals surface area (Å²) < 4.78 is 43.2. The van der Waals surface area contributed by atoms with Crippen LogP contribution in [-0.4, -0.2) is 60.8 Å². The van der Waals surface area contributed by atoms with E-state index in [9.17, 15) is 22.8 Å². The van der Waals surface area contributed by atoms with Gasteiger partial charge in [-0.3, -0.25) is 9.59 Å². The Morgan fingerprint density at radius 3 is 2.33 bits per heavy atom. The summed E-state index contributed by atoms with van der Waals surface area (Å²) >= 11 is 0. The predicted molar refractivity (Wildman–Crippen MR) is 101 cm³/mol. The van der Waals surface area contributed by atoms with Crippen LogP contribution in [0.3, 0.4) is 0 Å². The van der Waals surface area contributed by atoms with Gasteiger partial charge in [-0.2, -0.15) is 13.2 Å². The lowest BCUT2D eigenvalue weighted by molar-refractivity contribution is -0.146. The van der Waals surface area contributed by atoms with E-state index in [1.165, 1.54) is 12.1 Å². The third-order valence-corrected chi connectivity index (χ3v) is 3.99. The monoisotopic (exact) mass is 434 g/mol. The van der Waals surface area contributed by atoms with E-state index in [1.807, 2.05) is 0 Å². The number of methoxy groups -OCH3 is 1. The molecule has 3 N–H and O–H groups in total. The molecule has 11 heteroatoms. The lowest BCUT2D eigenvalue weighted by Gasteiger charge is -2.12. The zero-order chi connectivity index (χ0) is 22.6. The first-order chi connectivity index (χ1) is 14.1. The highest BCUT2D eigenvalue weighted by Crippen LogP contribution is 2.29. The summed E-state index contributed by atoms with van der Waals surface area (Å²) in [5.41, 5.74) is 0.149. The molecule has 168 valence electrons. The third-order valence-electron chi connectivity index (χ3n) is 3.99. The Hall–Kier alpha value is -2.66. The van der Waals surface area contributed by atoms with Crippen LogP contribution in [0.1, 0.15) is 36.8 Å². The first-order valence-corrected chi connectivity index (χ1v) is 9.18. The third kappa shape index (κ3) is 9.70. The molecule has 0 radical (unpaired) electrons. The van der Waals surface area contributed by atoms with Crippen LogP contribution in [0, 0.1) is 0 Å². The summed E-state index contributed by atoms with van der Waals surface area (Å²) in [6, 6.07) is 3.29. The number of carboxylic acids is 2. The molecule has 30 heavy (non-hydrogen) atoms. The normalized spacial score (nSPS) is 13.1. The number of ether oxygens (including phenoxy) is 1. The minimum absolute atomic E-state index is 0.0255. The zero-order valence-electron chi connectivity index (χ0n) is 16.4. The van der Waals surface area contributed by atoms with Crippen LogP contribution in [0.4, 0.5) is 13.2 Å². The van der Waals surface area contributed by atoms with E-state index in [4.69, 9.17) is 19.8 Å². The van der Waals surface area contributed by atoms with Gasteiger partial charge in [0.2, 0.25) is 0 Å². The number of hydrogen-bond donors (Lipinski definition) is 3. The summed E-state index contributed by atoms with van der Waals surface area (Å²) in [5, 5.41) is 24.1. The van der Waals surface area contributed by atoms with E-state index in [0.29, 0.717) is 30.7 Å².